The molecule has 0 saturated heterocycles. The molecule has 0 bridgehead atoms. The zero-order chi connectivity index (χ0) is 14.6. The average molecular weight is 262 g/mol. The highest BCUT2D eigenvalue weighted by molar-refractivity contribution is 5.88. The molecule has 0 saturated carbocycles. The fourth-order valence-corrected chi connectivity index (χ4v) is 2.21. The number of carbonyl (C=O) groups is 1. The molecule has 1 heterocycles. The van der Waals surface area contributed by atoms with Gasteiger partial charge in [0.1, 0.15) is 6.04 Å². The van der Waals surface area contributed by atoms with E-state index in [2.05, 4.69) is 0 Å². The molecule has 0 aliphatic rings. The number of benzene rings is 1. The highest BCUT2D eigenvalue weighted by atomic mass is 16.4. The average Bonchev–Trinajstić information content (AvgIpc) is 2.70. The van der Waals surface area contributed by atoms with Crippen LogP contribution < -0.4 is 5.73 Å². The Hall–Kier alpha value is -1.81. The summed E-state index contributed by atoms with van der Waals surface area (Å²) in [6.45, 7) is 6.03. The molecule has 0 radical (unpaired) electrons. The van der Waals surface area contributed by atoms with Gasteiger partial charge in [0.05, 0.1) is 0 Å². The lowest BCUT2D eigenvalue weighted by Gasteiger charge is -2.06. The molecule has 0 amide bonds. The summed E-state index contributed by atoms with van der Waals surface area (Å²) in [7, 11) is 1.96. The van der Waals surface area contributed by atoms with Gasteiger partial charge in [0.15, 0.2) is 0 Å². The normalized spacial score (nSPS) is 11.8. The van der Waals surface area contributed by atoms with Crippen LogP contribution in [0.25, 0.3) is 10.9 Å². The van der Waals surface area contributed by atoms with Crippen molar-refractivity contribution in [3.63, 3.8) is 0 Å². The van der Waals surface area contributed by atoms with E-state index in [0.29, 0.717) is 6.42 Å². The molecule has 0 aliphatic heterocycles. The topological polar surface area (TPSA) is 68.2 Å². The Morgan fingerprint density at radius 3 is 2.63 bits per heavy atom. The van der Waals surface area contributed by atoms with Crippen molar-refractivity contribution in [3.8, 4) is 0 Å². The largest absolute Gasteiger partial charge is 0.480 e. The number of carboxylic acid groups (broad SMARTS) is 1. The van der Waals surface area contributed by atoms with Gasteiger partial charge in [-0.05, 0) is 24.1 Å². The van der Waals surface area contributed by atoms with Crippen LogP contribution in [0, 0.1) is 6.92 Å². The highest BCUT2D eigenvalue weighted by Gasteiger charge is 2.16. The van der Waals surface area contributed by atoms with Gasteiger partial charge >= 0.3 is 5.97 Å². The number of hydrogen-bond acceptors (Lipinski definition) is 2. The zero-order valence-electron chi connectivity index (χ0n) is 12.0. The number of hydrogen-bond donors (Lipinski definition) is 2. The van der Waals surface area contributed by atoms with E-state index in [1.54, 1.807) is 0 Å². The minimum absolute atomic E-state index is 0.359. The van der Waals surface area contributed by atoms with E-state index < -0.39 is 12.0 Å². The monoisotopic (exact) mass is 262 g/mol. The number of nitrogens with zero attached hydrogens (tertiary/aromatic N) is 1. The maximum atomic E-state index is 10.8. The van der Waals surface area contributed by atoms with Crippen LogP contribution in [-0.2, 0) is 18.3 Å². The number of aryl methyl sites for hydroxylation is 2. The minimum Gasteiger partial charge on any atom is -0.480 e. The van der Waals surface area contributed by atoms with Crippen molar-refractivity contribution in [2.45, 2.75) is 33.2 Å². The quantitative estimate of drug-likeness (QED) is 0.892. The molecule has 0 fully saturated rings. The second kappa shape index (κ2) is 6.38. The Morgan fingerprint density at radius 2 is 2.05 bits per heavy atom. The van der Waals surface area contributed by atoms with Crippen molar-refractivity contribution in [3.05, 3.63) is 35.5 Å². The van der Waals surface area contributed by atoms with Crippen LogP contribution in [0.4, 0.5) is 0 Å². The van der Waals surface area contributed by atoms with Crippen molar-refractivity contribution in [2.75, 3.05) is 0 Å². The van der Waals surface area contributed by atoms with E-state index in [1.165, 1.54) is 0 Å². The van der Waals surface area contributed by atoms with Gasteiger partial charge in [-0.1, -0.05) is 26.0 Å². The van der Waals surface area contributed by atoms with Crippen molar-refractivity contribution in [2.24, 2.45) is 12.8 Å². The fourth-order valence-electron chi connectivity index (χ4n) is 2.21. The third-order valence-corrected chi connectivity index (χ3v) is 3.06. The summed E-state index contributed by atoms with van der Waals surface area (Å²) in [4.78, 5) is 10.8. The summed E-state index contributed by atoms with van der Waals surface area (Å²) >= 11 is 0. The molecule has 1 atom stereocenters. The van der Waals surface area contributed by atoms with Crippen LogP contribution in [0.1, 0.15) is 25.0 Å². The molecule has 104 valence electrons. The lowest BCUT2D eigenvalue weighted by atomic mass is 10.0. The first-order valence-corrected chi connectivity index (χ1v) is 6.52. The molecular weight excluding hydrogens is 240 g/mol. The molecule has 0 spiro atoms. The molecule has 4 nitrogen and oxygen atoms in total. The molecule has 4 heteroatoms. The number of rotatable bonds is 3. The Kier molecular flexibility index (Phi) is 5.12. The summed E-state index contributed by atoms with van der Waals surface area (Å²) in [6.07, 6.45) is 2.32. The van der Waals surface area contributed by atoms with E-state index in [9.17, 15) is 4.79 Å². The summed E-state index contributed by atoms with van der Waals surface area (Å²) in [5.41, 5.74) is 8.84. The van der Waals surface area contributed by atoms with Crippen molar-refractivity contribution >= 4 is 16.9 Å². The van der Waals surface area contributed by atoms with Gasteiger partial charge in [-0.2, -0.15) is 0 Å². The van der Waals surface area contributed by atoms with Crippen LogP contribution in [0.5, 0.6) is 0 Å². The standard InChI is InChI=1S/C13H16N2O2.C2H6/c1-8-4-3-5-11-12(8)9(7-15(11)2)6-10(14)13(16)17;1-2/h3-5,7,10H,6,14H2,1-2H3,(H,16,17);1-2H3. The number of nitrogens with two attached hydrogens (primary N) is 1. The van der Waals surface area contributed by atoms with Gasteiger partial charge in [0.2, 0.25) is 0 Å². The second-order valence-electron chi connectivity index (χ2n) is 4.38. The second-order valence-corrected chi connectivity index (χ2v) is 4.38. The molecule has 19 heavy (non-hydrogen) atoms. The van der Waals surface area contributed by atoms with Crippen molar-refractivity contribution in [1.29, 1.82) is 0 Å². The predicted molar refractivity (Wildman–Crippen MR) is 78.3 cm³/mol. The maximum Gasteiger partial charge on any atom is 0.320 e. The van der Waals surface area contributed by atoms with E-state index in [1.807, 2.05) is 56.8 Å². The molecule has 1 unspecified atom stereocenters. The molecular formula is C15H22N2O2. The lowest BCUT2D eigenvalue weighted by Crippen LogP contribution is -2.32. The van der Waals surface area contributed by atoms with Gasteiger partial charge < -0.3 is 15.4 Å². The lowest BCUT2D eigenvalue weighted by molar-refractivity contribution is -0.138. The van der Waals surface area contributed by atoms with Crippen LogP contribution >= 0.6 is 0 Å². The van der Waals surface area contributed by atoms with E-state index in [0.717, 1.165) is 22.0 Å². The Morgan fingerprint density at radius 1 is 1.42 bits per heavy atom. The predicted octanol–water partition coefficient (Wildman–Crippen LogP) is 2.47. The number of aliphatic carboxylic acids is 1. The third kappa shape index (κ3) is 3.15. The summed E-state index contributed by atoms with van der Waals surface area (Å²) in [5, 5.41) is 9.98. The number of carboxylic acids is 1. The Bertz CT molecular complexity index is 573. The Labute approximate surface area is 113 Å². The van der Waals surface area contributed by atoms with E-state index >= 15 is 0 Å². The Balaban J connectivity index is 0.000000861. The minimum atomic E-state index is -0.962. The molecule has 1 aromatic heterocycles. The van der Waals surface area contributed by atoms with Gasteiger partial charge in [-0.25, -0.2) is 0 Å². The van der Waals surface area contributed by atoms with E-state index in [4.69, 9.17) is 10.8 Å². The number of fused-ring (bicyclic) bond motifs is 1. The molecule has 0 aliphatic carbocycles. The van der Waals surface area contributed by atoms with Gasteiger partial charge in [-0.3, -0.25) is 4.79 Å². The summed E-state index contributed by atoms with van der Waals surface area (Å²) in [6, 6.07) is 5.20. The summed E-state index contributed by atoms with van der Waals surface area (Å²) in [5.74, 6) is -0.962. The molecule has 2 aromatic rings. The summed E-state index contributed by atoms with van der Waals surface area (Å²) < 4.78 is 2.01. The van der Waals surface area contributed by atoms with Crippen LogP contribution in [-0.4, -0.2) is 21.7 Å². The van der Waals surface area contributed by atoms with Crippen molar-refractivity contribution in [1.82, 2.24) is 4.57 Å². The zero-order valence-corrected chi connectivity index (χ0v) is 12.0. The third-order valence-electron chi connectivity index (χ3n) is 3.06. The molecule has 3 N–H and O–H groups in total. The van der Waals surface area contributed by atoms with Gasteiger partial charge in [0.25, 0.3) is 0 Å². The first kappa shape index (κ1) is 15.2. The smallest absolute Gasteiger partial charge is 0.320 e. The van der Waals surface area contributed by atoms with E-state index in [-0.39, 0.29) is 0 Å². The number of aromatic nitrogens is 1. The first-order valence-electron chi connectivity index (χ1n) is 6.52. The van der Waals surface area contributed by atoms with Crippen molar-refractivity contribution < 1.29 is 9.90 Å². The first-order chi connectivity index (χ1) is 9.00. The fraction of sp³-hybridized carbons (Fsp3) is 0.400. The SMILES string of the molecule is CC.Cc1cccc2c1c(CC(N)C(=O)O)cn2C. The molecule has 2 rings (SSSR count). The highest BCUT2D eigenvalue weighted by Crippen LogP contribution is 2.24. The van der Waals surface area contributed by atoms with Gasteiger partial charge in [-0.15, -0.1) is 0 Å². The van der Waals surface area contributed by atoms with Crippen LogP contribution in [0.3, 0.4) is 0 Å². The molecule has 1 aromatic carbocycles. The maximum absolute atomic E-state index is 10.8. The van der Waals surface area contributed by atoms with Crippen LogP contribution in [0.2, 0.25) is 0 Å². The van der Waals surface area contributed by atoms with Crippen LogP contribution in [0.15, 0.2) is 24.4 Å². The van der Waals surface area contributed by atoms with Gasteiger partial charge in [0, 0.05) is 30.6 Å².